The van der Waals surface area contributed by atoms with Crippen LogP contribution in [0, 0.1) is 0 Å². The van der Waals surface area contributed by atoms with E-state index in [1.165, 1.54) is 23.4 Å². The van der Waals surface area contributed by atoms with E-state index in [0.29, 0.717) is 87.4 Å². The van der Waals surface area contributed by atoms with Crippen molar-refractivity contribution in [1.29, 1.82) is 0 Å². The minimum atomic E-state index is -0.212. The Hall–Kier alpha value is -9.54. The maximum absolute atomic E-state index is 11.6. The van der Waals surface area contributed by atoms with Gasteiger partial charge in [0.1, 0.15) is 18.2 Å². The molecular weight excluding hydrogens is 1050 g/mol. The molecule has 6 aromatic heterocycles. The molecule has 83 heavy (non-hydrogen) atoms. The van der Waals surface area contributed by atoms with Crippen LogP contribution >= 0.6 is 0 Å². The summed E-state index contributed by atoms with van der Waals surface area (Å²) >= 11 is 0. The fraction of sp³-hybridized carbons (Fsp3) is 0.311. The Bertz CT molecular complexity index is 3620. The standard InChI is InChI=1S/C33H33N9O2.C26H27N9O2.2CH4/c1-23-21-43-19-18-42(23)31-27-13-17-41(33-35-14-5-15-36-33)20-28(27)38-30(40-31)25-8-10-26(11-9-25)37-32-34-16-12-29(39-32)44-22-24-6-3-2-4-7-24;1-17-16-37-14-13-35(17)24-20-8-12-34(26-28-9-2-10-29-26)15-21(20)31-23(33-24)18-3-5-19(6-4-18)30-25-27-11-7-22(36)32-25;;/h2-12,14-16,23H,13,17-22H2,1H3,(H,34,37,39);2-7,9-11,17H,8,12-16H2,1H3,(H2,27,30,32,36);2*1H4/t23-;17-;;/m00../s1. The van der Waals surface area contributed by atoms with Crippen molar-refractivity contribution >= 4 is 46.8 Å². The number of anilines is 8. The summed E-state index contributed by atoms with van der Waals surface area (Å²) in [5.41, 5.74) is 8.71. The van der Waals surface area contributed by atoms with Crippen molar-refractivity contribution in [3.63, 3.8) is 0 Å². The maximum atomic E-state index is 11.6. The van der Waals surface area contributed by atoms with Crippen molar-refractivity contribution in [2.45, 2.75) is 73.3 Å². The molecule has 4 aliphatic heterocycles. The number of hydrogen-bond acceptors (Lipinski definition) is 21. The Labute approximate surface area is 482 Å². The molecule has 0 spiro atoms. The zero-order valence-electron chi connectivity index (χ0n) is 45.0. The Morgan fingerprint density at radius 3 is 1.59 bits per heavy atom. The van der Waals surface area contributed by atoms with E-state index in [4.69, 9.17) is 34.1 Å². The topological polar surface area (TPSA) is 239 Å². The predicted octanol–water partition coefficient (Wildman–Crippen LogP) is 8.65. The lowest BCUT2D eigenvalue weighted by Crippen LogP contribution is -2.45. The second kappa shape index (κ2) is 26.4. The molecule has 0 amide bonds. The molecular formula is C61H68N18O4. The number of hydrogen-bond donors (Lipinski definition) is 3. The van der Waals surface area contributed by atoms with Gasteiger partial charge in [0.15, 0.2) is 11.6 Å². The summed E-state index contributed by atoms with van der Waals surface area (Å²) in [7, 11) is 0. The largest absolute Gasteiger partial charge is 0.473 e. The highest BCUT2D eigenvalue weighted by Crippen LogP contribution is 2.35. The molecule has 9 aromatic rings. The number of morpholine rings is 2. The molecule has 0 bridgehead atoms. The Balaban J connectivity index is 0.000000184. The molecule has 3 N–H and O–H groups in total. The van der Waals surface area contributed by atoms with E-state index in [2.05, 4.69) is 84.0 Å². The number of aromatic nitrogens is 12. The third-order valence-electron chi connectivity index (χ3n) is 14.4. The van der Waals surface area contributed by atoms with Gasteiger partial charge in [-0.05, 0) is 92.9 Å². The number of nitrogens with zero attached hydrogens (tertiary/aromatic N) is 15. The van der Waals surface area contributed by atoms with Gasteiger partial charge in [-0.1, -0.05) is 45.2 Å². The van der Waals surface area contributed by atoms with Gasteiger partial charge in [0.05, 0.1) is 63.0 Å². The molecule has 22 heteroatoms. The quantitative estimate of drug-likeness (QED) is 0.0978. The van der Waals surface area contributed by atoms with Crippen molar-refractivity contribution in [2.24, 2.45) is 0 Å². The summed E-state index contributed by atoms with van der Waals surface area (Å²) in [5.74, 6) is 6.11. The van der Waals surface area contributed by atoms with E-state index in [0.717, 1.165) is 90.1 Å². The van der Waals surface area contributed by atoms with Gasteiger partial charge in [-0.2, -0.15) is 4.98 Å². The normalized spacial score (nSPS) is 16.4. The van der Waals surface area contributed by atoms with Gasteiger partial charge in [0, 0.05) is 109 Å². The third kappa shape index (κ3) is 13.5. The summed E-state index contributed by atoms with van der Waals surface area (Å²) < 4.78 is 17.3. The van der Waals surface area contributed by atoms with Gasteiger partial charge in [-0.15, -0.1) is 0 Å². The van der Waals surface area contributed by atoms with Crippen molar-refractivity contribution in [2.75, 3.05) is 82.8 Å². The van der Waals surface area contributed by atoms with E-state index in [9.17, 15) is 4.79 Å². The van der Waals surface area contributed by atoms with Crippen molar-refractivity contribution in [1.82, 2.24) is 59.8 Å². The molecule has 2 saturated heterocycles. The summed E-state index contributed by atoms with van der Waals surface area (Å²) in [4.78, 5) is 74.5. The first-order valence-electron chi connectivity index (χ1n) is 27.2. The zero-order chi connectivity index (χ0) is 54.9. The summed E-state index contributed by atoms with van der Waals surface area (Å²) in [6.07, 6.45) is 11.9. The minimum Gasteiger partial charge on any atom is -0.473 e. The molecule has 4 aliphatic rings. The van der Waals surface area contributed by atoms with E-state index < -0.39 is 0 Å². The molecule has 0 unspecified atom stereocenters. The Morgan fingerprint density at radius 1 is 0.554 bits per heavy atom. The zero-order valence-corrected chi connectivity index (χ0v) is 45.0. The lowest BCUT2D eigenvalue weighted by molar-refractivity contribution is 0.0984. The molecule has 3 aromatic carbocycles. The van der Waals surface area contributed by atoms with Crippen LogP contribution in [0.2, 0.25) is 0 Å². The van der Waals surface area contributed by atoms with Crippen molar-refractivity contribution < 1.29 is 14.2 Å². The smallest absolute Gasteiger partial charge is 0.252 e. The van der Waals surface area contributed by atoms with Gasteiger partial charge in [-0.3, -0.25) is 9.78 Å². The average Bonchev–Trinajstić information content (AvgIpc) is 3.71. The van der Waals surface area contributed by atoms with E-state index >= 15 is 0 Å². The summed E-state index contributed by atoms with van der Waals surface area (Å²) in [6, 6.07) is 33.0. The lowest BCUT2D eigenvalue weighted by atomic mass is 10.0. The number of rotatable bonds is 13. The van der Waals surface area contributed by atoms with Crippen LogP contribution in [0.4, 0.5) is 46.8 Å². The lowest BCUT2D eigenvalue weighted by Gasteiger charge is -2.37. The number of aromatic amines is 1. The van der Waals surface area contributed by atoms with Crippen LogP contribution in [0.15, 0.2) is 145 Å². The predicted molar refractivity (Wildman–Crippen MR) is 321 cm³/mol. The SMILES string of the molecule is C.C.C[C@H]1COCCN1c1nc(-c2ccc(Nc3nccc(=O)[nH]3)cc2)nc2c1CCN(c1ncccn1)C2.C[C@H]1COCCN1c1nc(-c2ccc(Nc3nccc(OCc4ccccc4)n3)cc2)nc2c1CCN(c1ncccn1)C2. The highest BCUT2D eigenvalue weighted by atomic mass is 16.5. The van der Waals surface area contributed by atoms with Crippen LogP contribution in [0.25, 0.3) is 22.8 Å². The third-order valence-corrected chi connectivity index (χ3v) is 14.4. The molecule has 10 heterocycles. The van der Waals surface area contributed by atoms with Gasteiger partial charge >= 0.3 is 0 Å². The fourth-order valence-corrected chi connectivity index (χ4v) is 10.2. The van der Waals surface area contributed by atoms with Gasteiger partial charge in [0.25, 0.3) is 5.56 Å². The monoisotopic (exact) mass is 1120 g/mol. The molecule has 0 saturated carbocycles. The molecule has 0 radical (unpaired) electrons. The van der Waals surface area contributed by atoms with Crippen LogP contribution in [0.1, 0.15) is 56.8 Å². The fourth-order valence-electron chi connectivity index (χ4n) is 10.2. The molecule has 0 aliphatic carbocycles. The minimum absolute atomic E-state index is 0. The number of ether oxygens (including phenoxy) is 3. The van der Waals surface area contributed by atoms with Crippen LogP contribution in [-0.4, -0.2) is 124 Å². The van der Waals surface area contributed by atoms with Crippen LogP contribution in [0.3, 0.4) is 0 Å². The van der Waals surface area contributed by atoms with E-state index in [-0.39, 0.29) is 32.5 Å². The maximum Gasteiger partial charge on any atom is 0.252 e. The highest BCUT2D eigenvalue weighted by Gasteiger charge is 2.32. The van der Waals surface area contributed by atoms with Crippen LogP contribution in [-0.2, 0) is 42.0 Å². The molecule has 2 fully saturated rings. The Kier molecular flexibility index (Phi) is 18.0. The molecule has 22 nitrogen and oxygen atoms in total. The first kappa shape index (κ1) is 56.7. The van der Waals surface area contributed by atoms with Gasteiger partial charge < -0.3 is 44.4 Å². The summed E-state index contributed by atoms with van der Waals surface area (Å²) in [6.45, 7) is 12.0. The number of fused-ring (bicyclic) bond motifs is 2. The van der Waals surface area contributed by atoms with Crippen molar-refractivity contribution in [3.8, 4) is 28.7 Å². The highest BCUT2D eigenvalue weighted by molar-refractivity contribution is 5.68. The Morgan fingerprint density at radius 2 is 1.07 bits per heavy atom. The second-order valence-corrected chi connectivity index (χ2v) is 19.9. The average molecular weight is 1120 g/mol. The van der Waals surface area contributed by atoms with Crippen molar-refractivity contribution in [3.05, 3.63) is 179 Å². The second-order valence-electron chi connectivity index (χ2n) is 19.9. The summed E-state index contributed by atoms with van der Waals surface area (Å²) in [5, 5.41) is 6.39. The van der Waals surface area contributed by atoms with Crippen LogP contribution < -0.4 is 40.5 Å². The number of H-pyrrole nitrogens is 1. The molecule has 2 atom stereocenters. The van der Waals surface area contributed by atoms with Gasteiger partial charge in [-0.25, -0.2) is 49.8 Å². The first-order valence-corrected chi connectivity index (χ1v) is 27.2. The number of nitrogens with one attached hydrogen (secondary N) is 3. The number of benzene rings is 3. The van der Waals surface area contributed by atoms with Gasteiger partial charge in [0.2, 0.25) is 29.7 Å². The van der Waals surface area contributed by atoms with E-state index in [1.54, 1.807) is 37.1 Å². The first-order chi connectivity index (χ1) is 39.8. The molecule has 426 valence electrons. The molecule has 13 rings (SSSR count). The van der Waals surface area contributed by atoms with E-state index in [1.807, 2.05) is 91.0 Å². The van der Waals surface area contributed by atoms with Crippen LogP contribution in [0.5, 0.6) is 5.88 Å².